The largest absolute Gasteiger partial charge is 0.507 e. The molecule has 0 fully saturated rings. The molecule has 0 saturated carbocycles. The van der Waals surface area contributed by atoms with E-state index in [-0.39, 0.29) is 16.8 Å². The fourth-order valence-corrected chi connectivity index (χ4v) is 3.55. The molecule has 4 rings (SSSR count). The van der Waals surface area contributed by atoms with Gasteiger partial charge in [0.1, 0.15) is 17.0 Å². The molecule has 0 spiro atoms. The van der Waals surface area contributed by atoms with Gasteiger partial charge in [0.25, 0.3) is 5.91 Å². The number of amides is 1. The highest BCUT2D eigenvalue weighted by Crippen LogP contribution is 2.33. The second-order valence-corrected chi connectivity index (χ2v) is 8.27. The van der Waals surface area contributed by atoms with Crippen LogP contribution in [0.1, 0.15) is 35.7 Å². The number of rotatable bonds is 7. The molecule has 8 heteroatoms. The van der Waals surface area contributed by atoms with E-state index in [0.717, 1.165) is 18.4 Å². The van der Waals surface area contributed by atoms with Gasteiger partial charge in [0.15, 0.2) is 10.7 Å². The predicted molar refractivity (Wildman–Crippen MR) is 136 cm³/mol. The third-order valence-corrected chi connectivity index (χ3v) is 5.32. The number of carbonyl (C=O) groups excluding carboxylic acids is 1. The molecule has 1 aromatic heterocycles. The first-order valence-electron chi connectivity index (χ1n) is 11.0. The molecule has 0 radical (unpaired) electrons. The number of thiocarbonyl (C=S) groups is 1. The molecular weight excluding hydrogens is 450 g/mol. The lowest BCUT2D eigenvalue weighted by molar-refractivity contribution is 0.0977. The number of aryl methyl sites for hydroxylation is 1. The van der Waals surface area contributed by atoms with E-state index in [1.165, 1.54) is 6.07 Å². The molecule has 0 aliphatic rings. The van der Waals surface area contributed by atoms with Crippen molar-refractivity contribution in [2.75, 3.05) is 11.9 Å². The van der Waals surface area contributed by atoms with Gasteiger partial charge in [-0.3, -0.25) is 10.1 Å². The Bertz CT molecular complexity index is 1350. The number of ether oxygens (including phenoxy) is 1. The van der Waals surface area contributed by atoms with Crippen LogP contribution in [0.25, 0.3) is 22.6 Å². The third-order valence-electron chi connectivity index (χ3n) is 5.12. The molecule has 34 heavy (non-hydrogen) atoms. The summed E-state index contributed by atoms with van der Waals surface area (Å²) >= 11 is 5.27. The molecule has 1 amide bonds. The van der Waals surface area contributed by atoms with Crippen LogP contribution < -0.4 is 15.4 Å². The summed E-state index contributed by atoms with van der Waals surface area (Å²) < 4.78 is 11.4. The normalized spacial score (nSPS) is 10.8. The lowest BCUT2D eigenvalue weighted by atomic mass is 10.2. The van der Waals surface area contributed by atoms with Gasteiger partial charge in [0.2, 0.25) is 5.89 Å². The number of nitrogens with zero attached hydrogens (tertiary/aromatic N) is 1. The molecule has 0 bridgehead atoms. The number of hydrogen-bond donors (Lipinski definition) is 3. The second kappa shape index (κ2) is 10.4. The Balaban J connectivity index is 1.41. The zero-order valence-corrected chi connectivity index (χ0v) is 19.7. The summed E-state index contributed by atoms with van der Waals surface area (Å²) in [6, 6.07) is 17.5. The molecule has 3 N–H and O–H groups in total. The summed E-state index contributed by atoms with van der Waals surface area (Å²) in [5, 5.41) is 16.2. The highest BCUT2D eigenvalue weighted by Gasteiger charge is 2.14. The number of hydrogen-bond acceptors (Lipinski definition) is 6. The first-order chi connectivity index (χ1) is 16.4. The standard InChI is InChI=1S/C26H25N3O4S/c1-3-4-12-32-19-7-5-6-17(14-19)24(31)29-26(34)27-18-9-10-20(22(30)15-18)25-28-21-11-8-16(2)13-23(21)33-25/h5-11,13-15,30H,3-4,12H2,1-2H3,(H2,27,29,31,34). The smallest absolute Gasteiger partial charge is 0.257 e. The fraction of sp³-hybridized carbons (Fsp3) is 0.192. The summed E-state index contributed by atoms with van der Waals surface area (Å²) in [5.74, 6) is 0.566. The van der Waals surface area contributed by atoms with Crippen LogP contribution in [0.15, 0.2) is 65.1 Å². The van der Waals surface area contributed by atoms with Crippen molar-refractivity contribution in [3.05, 3.63) is 71.8 Å². The van der Waals surface area contributed by atoms with Gasteiger partial charge in [-0.2, -0.15) is 0 Å². The van der Waals surface area contributed by atoms with Gasteiger partial charge in [-0.15, -0.1) is 0 Å². The van der Waals surface area contributed by atoms with Gasteiger partial charge in [-0.1, -0.05) is 25.5 Å². The Morgan fingerprint density at radius 2 is 2.00 bits per heavy atom. The number of oxazole rings is 1. The zero-order valence-electron chi connectivity index (χ0n) is 18.9. The van der Waals surface area contributed by atoms with Crippen molar-refractivity contribution in [3.63, 3.8) is 0 Å². The van der Waals surface area contributed by atoms with Gasteiger partial charge >= 0.3 is 0 Å². The molecule has 0 aliphatic heterocycles. The molecule has 174 valence electrons. The minimum absolute atomic E-state index is 0.0284. The lowest BCUT2D eigenvalue weighted by Gasteiger charge is -2.11. The van der Waals surface area contributed by atoms with Gasteiger partial charge in [0, 0.05) is 17.3 Å². The molecular formula is C26H25N3O4S. The summed E-state index contributed by atoms with van der Waals surface area (Å²) in [5.41, 5.74) is 3.82. The Labute approximate surface area is 202 Å². The number of unbranched alkanes of at least 4 members (excludes halogenated alkanes) is 1. The maximum Gasteiger partial charge on any atom is 0.257 e. The number of anilines is 1. The van der Waals surface area contributed by atoms with Crippen LogP contribution in [0.5, 0.6) is 11.5 Å². The van der Waals surface area contributed by atoms with E-state index in [0.29, 0.717) is 46.2 Å². The summed E-state index contributed by atoms with van der Waals surface area (Å²) in [6.07, 6.45) is 1.98. The molecule has 0 unspecified atom stereocenters. The quantitative estimate of drug-likeness (QED) is 0.229. The van der Waals surface area contributed by atoms with Crippen LogP contribution >= 0.6 is 12.2 Å². The van der Waals surface area contributed by atoms with Crippen LogP contribution in [-0.2, 0) is 0 Å². The Hall–Kier alpha value is -3.91. The van der Waals surface area contributed by atoms with Crippen molar-refractivity contribution in [2.45, 2.75) is 26.7 Å². The average Bonchev–Trinajstić information content (AvgIpc) is 3.22. The summed E-state index contributed by atoms with van der Waals surface area (Å²) in [4.78, 5) is 17.0. The van der Waals surface area contributed by atoms with Crippen LogP contribution in [-0.4, -0.2) is 27.7 Å². The number of phenolic OH excluding ortho intramolecular Hbond substituents is 1. The topological polar surface area (TPSA) is 96.6 Å². The maximum atomic E-state index is 12.6. The van der Waals surface area contributed by atoms with E-state index in [1.807, 2.05) is 31.2 Å². The van der Waals surface area contributed by atoms with Crippen molar-refractivity contribution in [2.24, 2.45) is 0 Å². The van der Waals surface area contributed by atoms with Crippen molar-refractivity contribution in [1.29, 1.82) is 0 Å². The minimum Gasteiger partial charge on any atom is -0.507 e. The second-order valence-electron chi connectivity index (χ2n) is 7.86. The van der Waals surface area contributed by atoms with Gasteiger partial charge < -0.3 is 19.6 Å². The molecule has 4 aromatic rings. The average molecular weight is 476 g/mol. The highest BCUT2D eigenvalue weighted by molar-refractivity contribution is 7.80. The zero-order chi connectivity index (χ0) is 24.1. The van der Waals surface area contributed by atoms with Crippen LogP contribution in [0.4, 0.5) is 5.69 Å². The van der Waals surface area contributed by atoms with Crippen molar-refractivity contribution >= 4 is 40.0 Å². The van der Waals surface area contributed by atoms with Crippen molar-refractivity contribution in [3.8, 4) is 23.0 Å². The summed E-state index contributed by atoms with van der Waals surface area (Å²) in [6.45, 7) is 4.66. The van der Waals surface area contributed by atoms with E-state index in [1.54, 1.807) is 30.3 Å². The molecule has 0 aliphatic carbocycles. The Kier molecular flexibility index (Phi) is 7.08. The Morgan fingerprint density at radius 3 is 2.79 bits per heavy atom. The van der Waals surface area contributed by atoms with Crippen molar-refractivity contribution < 1.29 is 19.1 Å². The van der Waals surface area contributed by atoms with E-state index in [4.69, 9.17) is 21.4 Å². The number of fused-ring (bicyclic) bond motifs is 1. The maximum absolute atomic E-state index is 12.6. The minimum atomic E-state index is -0.360. The van der Waals surface area contributed by atoms with E-state index in [2.05, 4.69) is 22.5 Å². The number of carbonyl (C=O) groups is 1. The van der Waals surface area contributed by atoms with Crippen LogP contribution in [0.3, 0.4) is 0 Å². The number of benzene rings is 3. The predicted octanol–water partition coefficient (Wildman–Crippen LogP) is 5.81. The van der Waals surface area contributed by atoms with E-state index in [9.17, 15) is 9.90 Å². The Morgan fingerprint density at radius 1 is 1.15 bits per heavy atom. The first kappa shape index (κ1) is 23.3. The van der Waals surface area contributed by atoms with Crippen molar-refractivity contribution in [1.82, 2.24) is 10.3 Å². The number of phenols is 1. The molecule has 1 heterocycles. The summed E-state index contributed by atoms with van der Waals surface area (Å²) in [7, 11) is 0. The van der Waals surface area contributed by atoms with Gasteiger partial charge in [0.05, 0.1) is 12.2 Å². The number of nitrogens with one attached hydrogen (secondary N) is 2. The van der Waals surface area contributed by atoms with Crippen LogP contribution in [0, 0.1) is 6.92 Å². The monoisotopic (exact) mass is 475 g/mol. The SMILES string of the molecule is CCCCOc1cccc(C(=O)NC(=S)Nc2ccc(-c3nc4ccc(C)cc4o3)c(O)c2)c1. The fourth-order valence-electron chi connectivity index (χ4n) is 3.34. The van der Waals surface area contributed by atoms with Gasteiger partial charge in [-0.05, 0) is 73.6 Å². The van der Waals surface area contributed by atoms with E-state index < -0.39 is 0 Å². The van der Waals surface area contributed by atoms with Crippen LogP contribution in [0.2, 0.25) is 0 Å². The molecule has 3 aromatic carbocycles. The molecule has 0 atom stereocenters. The highest BCUT2D eigenvalue weighted by atomic mass is 32.1. The van der Waals surface area contributed by atoms with E-state index >= 15 is 0 Å². The van der Waals surface area contributed by atoms with Gasteiger partial charge in [-0.25, -0.2) is 4.98 Å². The lowest BCUT2D eigenvalue weighted by Crippen LogP contribution is -2.34. The first-order valence-corrected chi connectivity index (χ1v) is 11.4. The number of aromatic hydroxyl groups is 1. The molecule has 0 saturated heterocycles. The third kappa shape index (κ3) is 5.52. The number of aromatic nitrogens is 1. The molecule has 7 nitrogen and oxygen atoms in total.